The van der Waals surface area contributed by atoms with E-state index in [0.29, 0.717) is 12.5 Å². The minimum Gasteiger partial charge on any atom is -0.375 e. The number of pyridine rings is 1. The number of hydrogen-bond acceptors (Lipinski definition) is 4. The third kappa shape index (κ3) is 3.98. The van der Waals surface area contributed by atoms with Crippen LogP contribution in [0.1, 0.15) is 31.2 Å². The number of likely N-dealkylation sites (tertiary alicyclic amines) is 1. The largest absolute Gasteiger partial charge is 0.375 e. The number of hydrogen-bond donors (Lipinski definition) is 2. The molecule has 144 valence electrons. The summed E-state index contributed by atoms with van der Waals surface area (Å²) in [5, 5.41) is 4.51. The molecular formula is C18H26Cl2N4O2. The third-order valence-corrected chi connectivity index (χ3v) is 5.31. The molecule has 1 amide bonds. The van der Waals surface area contributed by atoms with E-state index in [1.807, 2.05) is 24.1 Å². The molecule has 4 rings (SSSR count). The molecule has 8 heteroatoms. The summed E-state index contributed by atoms with van der Waals surface area (Å²) >= 11 is 0. The van der Waals surface area contributed by atoms with Gasteiger partial charge in [0.05, 0.1) is 12.7 Å². The van der Waals surface area contributed by atoms with E-state index in [-0.39, 0.29) is 42.9 Å². The Bertz CT molecular complexity index is 731. The molecule has 0 aliphatic carbocycles. The van der Waals surface area contributed by atoms with Gasteiger partial charge in [-0.1, -0.05) is 0 Å². The molecule has 2 N–H and O–H groups in total. The Balaban J connectivity index is 0.00000121. The lowest BCUT2D eigenvalue weighted by molar-refractivity contribution is -0.140. The first-order valence-corrected chi connectivity index (χ1v) is 8.80. The smallest absolute Gasteiger partial charge is 0.242 e. The molecule has 26 heavy (non-hydrogen) atoms. The van der Waals surface area contributed by atoms with Crippen LogP contribution in [0.4, 0.5) is 0 Å². The van der Waals surface area contributed by atoms with Gasteiger partial charge in [-0.2, -0.15) is 0 Å². The molecular weight excluding hydrogens is 375 g/mol. The van der Waals surface area contributed by atoms with Crippen molar-refractivity contribution in [2.75, 3.05) is 26.2 Å². The fourth-order valence-electron chi connectivity index (χ4n) is 3.93. The van der Waals surface area contributed by atoms with E-state index >= 15 is 0 Å². The number of morpholine rings is 1. The SMILES string of the molecule is C[C@H]1OCCN[C@@H]1C(=O)N1CCC(c2c[nH]c3ncccc23)CC1.Cl.Cl. The summed E-state index contributed by atoms with van der Waals surface area (Å²) in [5.74, 6) is 0.668. The molecule has 2 aromatic rings. The number of amides is 1. The zero-order chi connectivity index (χ0) is 16.5. The van der Waals surface area contributed by atoms with Gasteiger partial charge in [0.25, 0.3) is 0 Å². The first kappa shape index (κ1) is 21.0. The third-order valence-electron chi connectivity index (χ3n) is 5.31. The Kier molecular flexibility index (Phi) is 7.29. The second kappa shape index (κ2) is 9.04. The lowest BCUT2D eigenvalue weighted by atomic mass is 9.89. The standard InChI is InChI=1S/C18H24N4O2.2ClH/c1-12-16(19-7-10-24-12)18(23)22-8-4-13(5-9-22)15-11-21-17-14(15)3-2-6-20-17;;/h2-3,6,11-13,16,19H,4-5,7-10H2,1H3,(H,20,21);2*1H/t12-,16+;;/m1../s1. The number of fused-ring (bicyclic) bond motifs is 1. The normalized spacial score (nSPS) is 24.0. The molecule has 0 aromatic carbocycles. The Labute approximate surface area is 165 Å². The molecule has 2 fully saturated rings. The van der Waals surface area contributed by atoms with Crippen LogP contribution in [0.2, 0.25) is 0 Å². The monoisotopic (exact) mass is 400 g/mol. The topological polar surface area (TPSA) is 70.2 Å². The maximum atomic E-state index is 12.7. The second-order valence-electron chi connectivity index (χ2n) is 6.75. The van der Waals surface area contributed by atoms with Gasteiger partial charge in [0.2, 0.25) is 5.91 Å². The number of ether oxygens (including phenoxy) is 1. The fraction of sp³-hybridized carbons (Fsp3) is 0.556. The van der Waals surface area contributed by atoms with E-state index in [1.54, 1.807) is 0 Å². The maximum Gasteiger partial charge on any atom is 0.242 e. The van der Waals surface area contributed by atoms with Crippen LogP contribution in [0.5, 0.6) is 0 Å². The molecule has 0 bridgehead atoms. The van der Waals surface area contributed by atoms with Gasteiger partial charge in [-0.3, -0.25) is 4.79 Å². The van der Waals surface area contributed by atoms with Gasteiger partial charge in [-0.25, -0.2) is 4.98 Å². The summed E-state index contributed by atoms with van der Waals surface area (Å²) < 4.78 is 5.61. The molecule has 2 aliphatic heterocycles. The zero-order valence-corrected chi connectivity index (χ0v) is 16.4. The molecule has 0 unspecified atom stereocenters. The van der Waals surface area contributed by atoms with Crippen LogP contribution in [0.15, 0.2) is 24.5 Å². The van der Waals surface area contributed by atoms with E-state index in [0.717, 1.165) is 38.1 Å². The van der Waals surface area contributed by atoms with Gasteiger partial charge in [0.15, 0.2) is 0 Å². The van der Waals surface area contributed by atoms with E-state index in [9.17, 15) is 4.79 Å². The number of aromatic nitrogens is 2. The summed E-state index contributed by atoms with van der Waals surface area (Å²) in [6.45, 7) is 5.02. The molecule has 0 saturated carbocycles. The lowest BCUT2D eigenvalue weighted by Crippen LogP contribution is -2.57. The highest BCUT2D eigenvalue weighted by molar-refractivity contribution is 5.85. The number of nitrogens with zero attached hydrogens (tertiary/aromatic N) is 2. The van der Waals surface area contributed by atoms with E-state index in [2.05, 4.69) is 27.5 Å². The van der Waals surface area contributed by atoms with E-state index < -0.39 is 0 Å². The number of rotatable bonds is 2. The quantitative estimate of drug-likeness (QED) is 0.812. The predicted octanol–water partition coefficient (Wildman–Crippen LogP) is 2.49. The summed E-state index contributed by atoms with van der Waals surface area (Å²) in [4.78, 5) is 22.4. The van der Waals surface area contributed by atoms with E-state index in [1.165, 1.54) is 10.9 Å². The van der Waals surface area contributed by atoms with Gasteiger partial charge in [-0.15, -0.1) is 24.8 Å². The summed E-state index contributed by atoms with van der Waals surface area (Å²) in [7, 11) is 0. The van der Waals surface area contributed by atoms with Crippen molar-refractivity contribution >= 4 is 41.8 Å². The first-order chi connectivity index (χ1) is 11.7. The molecule has 2 aliphatic rings. The fourth-order valence-corrected chi connectivity index (χ4v) is 3.93. The number of halogens is 2. The van der Waals surface area contributed by atoms with Crippen LogP contribution >= 0.6 is 24.8 Å². The van der Waals surface area contributed by atoms with Gasteiger partial charge in [0.1, 0.15) is 11.7 Å². The van der Waals surface area contributed by atoms with Crippen molar-refractivity contribution in [3.8, 4) is 0 Å². The van der Waals surface area contributed by atoms with Crippen molar-refractivity contribution in [3.63, 3.8) is 0 Å². The van der Waals surface area contributed by atoms with Crippen molar-refractivity contribution in [1.29, 1.82) is 0 Å². The predicted molar refractivity (Wildman–Crippen MR) is 106 cm³/mol. The van der Waals surface area contributed by atoms with Gasteiger partial charge >= 0.3 is 0 Å². The summed E-state index contributed by atoms with van der Waals surface area (Å²) in [6, 6.07) is 3.90. The average Bonchev–Trinajstić information content (AvgIpc) is 3.06. The number of H-pyrrole nitrogens is 1. The number of carbonyl (C=O) groups is 1. The van der Waals surface area contributed by atoms with Crippen molar-refractivity contribution in [2.24, 2.45) is 0 Å². The maximum absolute atomic E-state index is 12.7. The van der Waals surface area contributed by atoms with Crippen molar-refractivity contribution in [2.45, 2.75) is 37.8 Å². The number of carbonyl (C=O) groups excluding carboxylic acids is 1. The van der Waals surface area contributed by atoms with Crippen molar-refractivity contribution in [3.05, 3.63) is 30.1 Å². The summed E-state index contributed by atoms with van der Waals surface area (Å²) in [6.07, 6.45) is 5.83. The minimum absolute atomic E-state index is 0. The van der Waals surface area contributed by atoms with Gasteiger partial charge < -0.3 is 19.9 Å². The van der Waals surface area contributed by atoms with Crippen molar-refractivity contribution < 1.29 is 9.53 Å². The number of aromatic amines is 1. The second-order valence-corrected chi connectivity index (χ2v) is 6.75. The van der Waals surface area contributed by atoms with E-state index in [4.69, 9.17) is 4.74 Å². The van der Waals surface area contributed by atoms with Crippen LogP contribution in [0, 0.1) is 0 Å². The molecule has 0 spiro atoms. The molecule has 0 radical (unpaired) electrons. The Morgan fingerprint density at radius 2 is 2.08 bits per heavy atom. The highest BCUT2D eigenvalue weighted by Crippen LogP contribution is 2.32. The molecule has 6 nitrogen and oxygen atoms in total. The van der Waals surface area contributed by atoms with Crippen LogP contribution in [-0.4, -0.2) is 59.2 Å². The van der Waals surface area contributed by atoms with Gasteiger partial charge in [-0.05, 0) is 43.4 Å². The molecule has 2 atom stereocenters. The van der Waals surface area contributed by atoms with Crippen LogP contribution in [-0.2, 0) is 9.53 Å². The van der Waals surface area contributed by atoms with Crippen molar-refractivity contribution in [1.82, 2.24) is 20.2 Å². The van der Waals surface area contributed by atoms with Crippen LogP contribution in [0.3, 0.4) is 0 Å². The van der Waals surface area contributed by atoms with Crippen LogP contribution < -0.4 is 5.32 Å². The minimum atomic E-state index is -0.201. The Hall–Kier alpha value is -1.34. The zero-order valence-electron chi connectivity index (χ0n) is 14.8. The van der Waals surface area contributed by atoms with Gasteiger partial charge in [0, 0.05) is 37.4 Å². The molecule has 4 heterocycles. The Morgan fingerprint density at radius 1 is 1.31 bits per heavy atom. The number of piperidine rings is 1. The molecule has 2 aromatic heterocycles. The Morgan fingerprint density at radius 3 is 2.81 bits per heavy atom. The molecule has 2 saturated heterocycles. The lowest BCUT2D eigenvalue weighted by Gasteiger charge is -2.37. The summed E-state index contributed by atoms with van der Waals surface area (Å²) in [5.41, 5.74) is 2.28. The van der Waals surface area contributed by atoms with Crippen LogP contribution in [0.25, 0.3) is 11.0 Å². The highest BCUT2D eigenvalue weighted by atomic mass is 35.5. The highest BCUT2D eigenvalue weighted by Gasteiger charge is 2.34. The average molecular weight is 401 g/mol. The number of nitrogens with one attached hydrogen (secondary N) is 2. The first-order valence-electron chi connectivity index (χ1n) is 8.80.